The van der Waals surface area contributed by atoms with Gasteiger partial charge in [0.1, 0.15) is 11.3 Å². The number of hydrogen-bond donors (Lipinski definition) is 2. The molecular weight excluding hydrogens is 254 g/mol. The van der Waals surface area contributed by atoms with Gasteiger partial charge in [0.05, 0.1) is 11.7 Å². The fourth-order valence-corrected chi connectivity index (χ4v) is 3.26. The molecule has 0 amide bonds. The summed E-state index contributed by atoms with van der Waals surface area (Å²) in [4.78, 5) is 17.5. The lowest BCUT2D eigenvalue weighted by Crippen LogP contribution is -2.43. The van der Waals surface area contributed by atoms with Gasteiger partial charge in [0.2, 0.25) is 0 Å². The molecule has 2 N–H and O–H groups in total. The predicted octanol–water partition coefficient (Wildman–Crippen LogP) is 2.43. The topological polar surface area (TPSA) is 61.3 Å². The summed E-state index contributed by atoms with van der Waals surface area (Å²) in [5.41, 5.74) is 1.18. The molecule has 0 radical (unpaired) electrons. The van der Waals surface area contributed by atoms with Crippen molar-refractivity contribution in [3.63, 3.8) is 0 Å². The number of phenols is 1. The molecular formula is C15H21N3O2. The Morgan fingerprint density at radius 1 is 1.35 bits per heavy atom. The van der Waals surface area contributed by atoms with Crippen LogP contribution in [0.3, 0.4) is 0 Å². The predicted molar refractivity (Wildman–Crippen MR) is 79.0 cm³/mol. The fraction of sp³-hybridized carbons (Fsp3) is 0.533. The Morgan fingerprint density at radius 2 is 2.15 bits per heavy atom. The van der Waals surface area contributed by atoms with Gasteiger partial charge in [0, 0.05) is 12.6 Å². The number of likely N-dealkylation sites (tertiary alicyclic amines) is 1. The van der Waals surface area contributed by atoms with Gasteiger partial charge in [-0.25, -0.2) is 4.79 Å². The van der Waals surface area contributed by atoms with Gasteiger partial charge in [-0.15, -0.1) is 0 Å². The first-order chi connectivity index (χ1) is 9.59. The summed E-state index contributed by atoms with van der Waals surface area (Å²) in [6.45, 7) is 5.30. The van der Waals surface area contributed by atoms with E-state index in [1.807, 2.05) is 6.07 Å². The fourth-order valence-electron chi connectivity index (χ4n) is 3.26. The molecule has 0 bridgehead atoms. The van der Waals surface area contributed by atoms with Crippen LogP contribution in [-0.4, -0.2) is 32.1 Å². The molecule has 20 heavy (non-hydrogen) atoms. The van der Waals surface area contributed by atoms with E-state index < -0.39 is 0 Å². The van der Waals surface area contributed by atoms with Crippen LogP contribution in [0.15, 0.2) is 23.0 Å². The first kappa shape index (κ1) is 13.2. The summed E-state index contributed by atoms with van der Waals surface area (Å²) in [7, 11) is 0. The number of piperidine rings is 1. The van der Waals surface area contributed by atoms with Gasteiger partial charge >= 0.3 is 5.69 Å². The second-order valence-electron chi connectivity index (χ2n) is 5.78. The molecule has 0 spiro atoms. The molecule has 1 unspecified atom stereocenters. The number of rotatable bonds is 2. The van der Waals surface area contributed by atoms with Gasteiger partial charge < -0.3 is 10.1 Å². The molecule has 1 atom stereocenters. The lowest BCUT2D eigenvalue weighted by Gasteiger charge is -2.39. The maximum absolute atomic E-state index is 12.3. The number of H-pyrrole nitrogens is 1. The normalized spacial score (nSPS) is 20.9. The van der Waals surface area contributed by atoms with Gasteiger partial charge in [0.25, 0.3) is 0 Å². The van der Waals surface area contributed by atoms with Crippen LogP contribution < -0.4 is 5.69 Å². The average molecular weight is 275 g/mol. The molecule has 1 aliphatic rings. The zero-order valence-electron chi connectivity index (χ0n) is 12.0. The van der Waals surface area contributed by atoms with Crippen molar-refractivity contribution in [2.24, 2.45) is 0 Å². The summed E-state index contributed by atoms with van der Waals surface area (Å²) in [6, 6.07) is 5.59. The highest BCUT2D eigenvalue weighted by Crippen LogP contribution is 2.32. The van der Waals surface area contributed by atoms with Crippen LogP contribution in [0.4, 0.5) is 0 Å². The van der Waals surface area contributed by atoms with Gasteiger partial charge in [0.15, 0.2) is 0 Å². The number of benzene rings is 1. The van der Waals surface area contributed by atoms with Crippen LogP contribution in [0.5, 0.6) is 5.75 Å². The molecule has 5 heteroatoms. The Balaban J connectivity index is 2.17. The molecule has 1 saturated heterocycles. The van der Waals surface area contributed by atoms with Crippen molar-refractivity contribution in [2.75, 3.05) is 6.54 Å². The smallest absolute Gasteiger partial charge is 0.327 e. The third-order valence-electron chi connectivity index (χ3n) is 4.19. The van der Waals surface area contributed by atoms with Crippen molar-refractivity contribution >= 4 is 11.0 Å². The molecule has 1 aliphatic heterocycles. The van der Waals surface area contributed by atoms with Gasteiger partial charge in [-0.1, -0.05) is 6.07 Å². The Labute approximate surface area is 117 Å². The zero-order chi connectivity index (χ0) is 14.3. The maximum Gasteiger partial charge on any atom is 0.327 e. The molecule has 2 heterocycles. The van der Waals surface area contributed by atoms with Crippen LogP contribution in [0.1, 0.15) is 39.3 Å². The zero-order valence-corrected chi connectivity index (χ0v) is 12.0. The van der Waals surface area contributed by atoms with Crippen molar-refractivity contribution in [3.05, 3.63) is 28.7 Å². The van der Waals surface area contributed by atoms with E-state index in [4.69, 9.17) is 0 Å². The Hall–Kier alpha value is -1.75. The van der Waals surface area contributed by atoms with E-state index in [0.717, 1.165) is 25.8 Å². The van der Waals surface area contributed by atoms with Crippen LogP contribution in [0.2, 0.25) is 0 Å². The highest BCUT2D eigenvalue weighted by molar-refractivity contribution is 5.81. The van der Waals surface area contributed by atoms with E-state index in [1.54, 1.807) is 16.7 Å². The molecule has 1 fully saturated rings. The molecule has 1 aromatic carbocycles. The summed E-state index contributed by atoms with van der Waals surface area (Å²) in [6.07, 6.45) is 3.25. The van der Waals surface area contributed by atoms with Crippen molar-refractivity contribution in [1.29, 1.82) is 0 Å². The number of phenolic OH excluding ortho intramolecular Hbond substituents is 1. The highest BCUT2D eigenvalue weighted by atomic mass is 16.3. The van der Waals surface area contributed by atoms with E-state index in [2.05, 4.69) is 23.7 Å². The lowest BCUT2D eigenvalue weighted by molar-refractivity contribution is 0.0647. The second kappa shape index (κ2) is 4.98. The molecule has 2 aromatic rings. The van der Waals surface area contributed by atoms with Crippen molar-refractivity contribution < 1.29 is 5.11 Å². The minimum absolute atomic E-state index is 0.0262. The highest BCUT2D eigenvalue weighted by Gasteiger charge is 2.29. The number of hydrogen-bond acceptors (Lipinski definition) is 3. The molecule has 5 nitrogen and oxygen atoms in total. The Morgan fingerprint density at radius 3 is 2.90 bits per heavy atom. The number of aromatic nitrogens is 2. The monoisotopic (exact) mass is 275 g/mol. The Kier molecular flexibility index (Phi) is 3.30. The minimum Gasteiger partial charge on any atom is -0.506 e. The number of para-hydroxylation sites is 1. The van der Waals surface area contributed by atoms with E-state index >= 15 is 0 Å². The van der Waals surface area contributed by atoms with Crippen LogP contribution in [0, 0.1) is 0 Å². The van der Waals surface area contributed by atoms with Crippen molar-refractivity contribution in [3.8, 4) is 5.75 Å². The summed E-state index contributed by atoms with van der Waals surface area (Å²) in [5.74, 6) is 0.162. The maximum atomic E-state index is 12.3. The quantitative estimate of drug-likeness (QED) is 0.885. The molecule has 0 aliphatic carbocycles. The summed E-state index contributed by atoms with van der Waals surface area (Å²) >= 11 is 0. The standard InChI is InChI=1S/C15H21N3O2/c1-10(2)17-9-4-3-8-13(17)18-14-11(16-15(18)20)6-5-7-12(14)19/h5-7,10,13,19H,3-4,8-9H2,1-2H3,(H,16,20). The number of imidazole rings is 1. The first-order valence-corrected chi connectivity index (χ1v) is 7.27. The number of nitrogens with zero attached hydrogens (tertiary/aromatic N) is 2. The molecule has 108 valence electrons. The van der Waals surface area contributed by atoms with E-state index in [1.165, 1.54) is 0 Å². The largest absolute Gasteiger partial charge is 0.506 e. The van der Waals surface area contributed by atoms with Crippen LogP contribution >= 0.6 is 0 Å². The van der Waals surface area contributed by atoms with E-state index in [0.29, 0.717) is 17.1 Å². The molecule has 0 saturated carbocycles. The third kappa shape index (κ3) is 2.02. The molecule has 3 rings (SSSR count). The van der Waals surface area contributed by atoms with Gasteiger partial charge in [-0.05, 0) is 45.2 Å². The minimum atomic E-state index is -0.140. The van der Waals surface area contributed by atoms with Gasteiger partial charge in [-0.3, -0.25) is 9.47 Å². The second-order valence-corrected chi connectivity index (χ2v) is 5.78. The number of aromatic amines is 1. The van der Waals surface area contributed by atoms with Gasteiger partial charge in [-0.2, -0.15) is 0 Å². The SMILES string of the molecule is CC(C)N1CCCCC1n1c(=O)[nH]c2cccc(O)c21. The third-order valence-corrected chi connectivity index (χ3v) is 4.19. The average Bonchev–Trinajstić information content (AvgIpc) is 2.76. The summed E-state index contributed by atoms with van der Waals surface area (Å²) < 4.78 is 1.73. The van der Waals surface area contributed by atoms with E-state index in [-0.39, 0.29) is 17.6 Å². The lowest BCUT2D eigenvalue weighted by atomic mass is 10.1. The number of fused-ring (bicyclic) bond motifs is 1. The first-order valence-electron chi connectivity index (χ1n) is 7.27. The van der Waals surface area contributed by atoms with Crippen LogP contribution in [0.25, 0.3) is 11.0 Å². The molecule has 1 aromatic heterocycles. The van der Waals surface area contributed by atoms with Crippen LogP contribution in [-0.2, 0) is 0 Å². The van der Waals surface area contributed by atoms with Crippen molar-refractivity contribution in [1.82, 2.24) is 14.5 Å². The number of aromatic hydroxyl groups is 1. The Bertz CT molecular complexity index is 671. The summed E-state index contributed by atoms with van der Waals surface area (Å²) in [5, 5.41) is 10.1. The van der Waals surface area contributed by atoms with Crippen molar-refractivity contribution in [2.45, 2.75) is 45.3 Å². The van der Waals surface area contributed by atoms with E-state index in [9.17, 15) is 9.90 Å². The number of nitrogens with one attached hydrogen (secondary N) is 1.